The Kier molecular flexibility index (Phi) is 6.07. The monoisotopic (exact) mass is 445 g/mol. The molecule has 30 heavy (non-hydrogen) atoms. The third kappa shape index (κ3) is 4.75. The van der Waals surface area contributed by atoms with Gasteiger partial charge in [0.1, 0.15) is 11.6 Å². The largest absolute Gasteiger partial charge is 0.497 e. The van der Waals surface area contributed by atoms with Crippen molar-refractivity contribution in [3.8, 4) is 5.75 Å². The number of carbonyl (C=O) groups excluding carboxylic acids is 1. The first-order chi connectivity index (χ1) is 14.0. The molecule has 1 N–H and O–H groups in total. The first-order valence-corrected chi connectivity index (χ1v) is 10.6. The Balaban J connectivity index is 1.58. The van der Waals surface area contributed by atoms with Crippen molar-refractivity contribution in [3.63, 3.8) is 0 Å². The van der Waals surface area contributed by atoms with Gasteiger partial charge >= 0.3 is 6.18 Å². The van der Waals surface area contributed by atoms with Crippen LogP contribution < -0.4 is 10.1 Å². The number of amides is 1. The summed E-state index contributed by atoms with van der Waals surface area (Å²) in [6, 6.07) is 7.24. The molecule has 2 aromatic carbocycles. The van der Waals surface area contributed by atoms with Crippen molar-refractivity contribution < 1.29 is 35.5 Å². The van der Waals surface area contributed by atoms with Gasteiger partial charge in [0.2, 0.25) is 0 Å². The lowest BCUT2D eigenvalue weighted by molar-refractivity contribution is -0.137. The Bertz CT molecular complexity index is 1050. The number of rotatable bonds is 6. The van der Waals surface area contributed by atoms with Crippen molar-refractivity contribution >= 4 is 15.7 Å². The Morgan fingerprint density at radius 1 is 1.17 bits per heavy atom. The summed E-state index contributed by atoms with van der Waals surface area (Å²) in [5.74, 6) is -1.11. The molecule has 3 rings (SSSR count). The summed E-state index contributed by atoms with van der Waals surface area (Å²) in [7, 11) is -2.56. The van der Waals surface area contributed by atoms with Crippen molar-refractivity contribution in [2.75, 3.05) is 13.7 Å². The highest BCUT2D eigenvalue weighted by Gasteiger charge is 2.40. The molecule has 162 valence electrons. The molecule has 0 bridgehead atoms. The van der Waals surface area contributed by atoms with Gasteiger partial charge in [0.25, 0.3) is 5.91 Å². The number of nitrogens with one attached hydrogen (secondary N) is 1. The maximum absolute atomic E-state index is 13.5. The van der Waals surface area contributed by atoms with Crippen LogP contribution in [-0.4, -0.2) is 33.2 Å². The van der Waals surface area contributed by atoms with Gasteiger partial charge in [0.05, 0.1) is 22.8 Å². The van der Waals surface area contributed by atoms with E-state index in [4.69, 9.17) is 4.74 Å². The molecule has 0 radical (unpaired) electrons. The molecule has 0 aromatic heterocycles. The van der Waals surface area contributed by atoms with Gasteiger partial charge in [0, 0.05) is 18.2 Å². The van der Waals surface area contributed by atoms with Crippen LogP contribution in [0.4, 0.5) is 17.6 Å². The number of hydrogen-bond acceptors (Lipinski definition) is 4. The smallest absolute Gasteiger partial charge is 0.416 e. The van der Waals surface area contributed by atoms with E-state index in [1.54, 1.807) is 0 Å². The second-order valence-corrected chi connectivity index (χ2v) is 9.35. The molecule has 0 spiro atoms. The van der Waals surface area contributed by atoms with Crippen molar-refractivity contribution in [2.24, 2.45) is 5.92 Å². The Morgan fingerprint density at radius 3 is 2.50 bits per heavy atom. The highest BCUT2D eigenvalue weighted by molar-refractivity contribution is 7.92. The molecule has 1 aliphatic rings. The molecule has 2 aromatic rings. The van der Waals surface area contributed by atoms with Gasteiger partial charge in [0.15, 0.2) is 9.84 Å². The molecule has 0 atom stereocenters. The summed E-state index contributed by atoms with van der Waals surface area (Å²) >= 11 is 0. The lowest BCUT2D eigenvalue weighted by Crippen LogP contribution is -2.42. The number of benzene rings is 2. The number of sulfone groups is 1. The number of methoxy groups -OCH3 is 1. The fourth-order valence-electron chi connectivity index (χ4n) is 3.29. The van der Waals surface area contributed by atoms with Gasteiger partial charge < -0.3 is 10.1 Å². The van der Waals surface area contributed by atoms with E-state index < -0.39 is 38.6 Å². The van der Waals surface area contributed by atoms with E-state index in [1.807, 2.05) is 0 Å². The minimum Gasteiger partial charge on any atom is -0.497 e. The molecule has 1 amide bonds. The van der Waals surface area contributed by atoms with Crippen LogP contribution in [0.15, 0.2) is 47.4 Å². The number of carbonyl (C=O) groups is 1. The lowest BCUT2D eigenvalue weighted by atomic mass is 9.85. The van der Waals surface area contributed by atoms with Crippen LogP contribution in [-0.2, 0) is 16.0 Å². The zero-order valence-corrected chi connectivity index (χ0v) is 16.7. The van der Waals surface area contributed by atoms with Crippen LogP contribution in [0.1, 0.15) is 28.8 Å². The van der Waals surface area contributed by atoms with Crippen LogP contribution in [0.25, 0.3) is 0 Å². The maximum atomic E-state index is 13.5. The molecule has 5 nitrogen and oxygen atoms in total. The Morgan fingerprint density at radius 2 is 1.87 bits per heavy atom. The van der Waals surface area contributed by atoms with E-state index in [1.165, 1.54) is 13.2 Å². The molecule has 0 heterocycles. The molecular formula is C20H19F4NO4S. The second-order valence-electron chi connectivity index (χ2n) is 7.12. The molecule has 0 saturated heterocycles. The predicted octanol–water partition coefficient (Wildman–Crippen LogP) is 3.84. The third-order valence-corrected chi connectivity index (χ3v) is 7.22. The Labute approximate surface area is 171 Å². The topological polar surface area (TPSA) is 72.5 Å². The molecule has 0 unspecified atom stereocenters. The quantitative estimate of drug-likeness (QED) is 0.686. The van der Waals surface area contributed by atoms with Gasteiger partial charge in [-0.1, -0.05) is 6.07 Å². The van der Waals surface area contributed by atoms with Gasteiger partial charge in [-0.25, -0.2) is 12.8 Å². The van der Waals surface area contributed by atoms with Gasteiger partial charge in [-0.15, -0.1) is 0 Å². The van der Waals surface area contributed by atoms with E-state index >= 15 is 0 Å². The van der Waals surface area contributed by atoms with E-state index in [2.05, 4.69) is 5.32 Å². The number of halogens is 4. The van der Waals surface area contributed by atoms with Crippen molar-refractivity contribution in [1.82, 2.24) is 5.32 Å². The summed E-state index contributed by atoms with van der Waals surface area (Å²) in [5, 5.41) is 1.81. The first kappa shape index (κ1) is 22.1. The number of alkyl halides is 3. The van der Waals surface area contributed by atoms with Crippen molar-refractivity contribution in [2.45, 2.75) is 29.2 Å². The second kappa shape index (κ2) is 8.25. The molecule has 1 fully saturated rings. The predicted molar refractivity (Wildman–Crippen MR) is 100 cm³/mol. The van der Waals surface area contributed by atoms with Crippen molar-refractivity contribution in [1.29, 1.82) is 0 Å². The lowest BCUT2D eigenvalue weighted by Gasteiger charge is -2.35. The standard InChI is InChI=1S/C20H19F4NO4S/c1-29-16-8-13(7-15(21)10-16)19(26)25-11-12-5-18(6-12)30(27,28)17-4-2-3-14(9-17)20(22,23)24/h2-4,7-10,12,18H,5-6,11H2,1H3,(H,25,26)/t12-,18-. The fraction of sp³-hybridized carbons (Fsp3) is 0.350. The Hall–Kier alpha value is -2.62. The molecular weight excluding hydrogens is 426 g/mol. The minimum atomic E-state index is -4.63. The molecule has 1 aliphatic carbocycles. The summed E-state index contributed by atoms with van der Waals surface area (Å²) in [5.41, 5.74) is -0.948. The van der Waals surface area contributed by atoms with Crippen LogP contribution in [0.2, 0.25) is 0 Å². The van der Waals surface area contributed by atoms with Crippen LogP contribution in [0, 0.1) is 11.7 Å². The minimum absolute atomic E-state index is 0.0688. The summed E-state index contributed by atoms with van der Waals surface area (Å²) in [6.07, 6.45) is -4.20. The first-order valence-electron chi connectivity index (χ1n) is 9.04. The number of ether oxygens (including phenoxy) is 1. The van der Waals surface area contributed by atoms with Crippen LogP contribution in [0.5, 0.6) is 5.75 Å². The summed E-state index contributed by atoms with van der Waals surface area (Å²) < 4.78 is 82.1. The van der Waals surface area contributed by atoms with E-state index in [0.29, 0.717) is 6.07 Å². The van der Waals surface area contributed by atoms with Crippen LogP contribution >= 0.6 is 0 Å². The maximum Gasteiger partial charge on any atom is 0.416 e. The average molecular weight is 445 g/mol. The zero-order valence-electron chi connectivity index (χ0n) is 15.9. The number of hydrogen-bond donors (Lipinski definition) is 1. The molecule has 10 heteroatoms. The summed E-state index contributed by atoms with van der Waals surface area (Å²) in [4.78, 5) is 11.8. The normalized spacial score (nSPS) is 19.1. The summed E-state index contributed by atoms with van der Waals surface area (Å²) in [6.45, 7) is 0.173. The zero-order chi connectivity index (χ0) is 22.1. The fourth-order valence-corrected chi connectivity index (χ4v) is 5.28. The SMILES string of the molecule is COc1cc(F)cc(C(=O)NC[C@H]2C[C@H](S(=O)(=O)c3cccc(C(F)(F)F)c3)C2)c1. The van der Waals surface area contributed by atoms with Gasteiger partial charge in [-0.2, -0.15) is 13.2 Å². The highest BCUT2D eigenvalue weighted by atomic mass is 32.2. The average Bonchev–Trinajstić information content (AvgIpc) is 2.65. The third-order valence-electron chi connectivity index (χ3n) is 5.04. The van der Waals surface area contributed by atoms with E-state index in [9.17, 15) is 30.8 Å². The van der Waals surface area contributed by atoms with E-state index in [-0.39, 0.29) is 41.5 Å². The van der Waals surface area contributed by atoms with E-state index in [0.717, 1.165) is 30.3 Å². The van der Waals surface area contributed by atoms with Crippen molar-refractivity contribution in [3.05, 3.63) is 59.4 Å². The highest BCUT2D eigenvalue weighted by Crippen LogP contribution is 2.37. The van der Waals surface area contributed by atoms with Crippen LogP contribution in [0.3, 0.4) is 0 Å². The van der Waals surface area contributed by atoms with Gasteiger partial charge in [-0.3, -0.25) is 4.79 Å². The molecule has 1 saturated carbocycles. The van der Waals surface area contributed by atoms with Gasteiger partial charge in [-0.05, 0) is 49.1 Å². The molecule has 0 aliphatic heterocycles.